The fourth-order valence-electron chi connectivity index (χ4n) is 4.39. The molecule has 1 atom stereocenters. The highest BCUT2D eigenvalue weighted by molar-refractivity contribution is 9.10. The molecule has 1 fully saturated rings. The number of rotatable bonds is 6. The van der Waals surface area contributed by atoms with Crippen molar-refractivity contribution < 1.29 is 19.0 Å². The second-order valence-corrected chi connectivity index (χ2v) is 8.28. The van der Waals surface area contributed by atoms with E-state index >= 15 is 0 Å². The topological polar surface area (TPSA) is 74.0 Å². The van der Waals surface area contributed by atoms with Gasteiger partial charge in [-0.25, -0.2) is 0 Å². The summed E-state index contributed by atoms with van der Waals surface area (Å²) in [6.45, 7) is 1.46. The molecule has 0 bridgehead atoms. The van der Waals surface area contributed by atoms with Gasteiger partial charge < -0.3 is 19.9 Å². The fraction of sp³-hybridized carbons (Fsp3) is 0.348. The zero-order valence-corrected chi connectivity index (χ0v) is 18.9. The summed E-state index contributed by atoms with van der Waals surface area (Å²) in [6, 6.07) is 9.79. The van der Waals surface area contributed by atoms with E-state index in [0.717, 1.165) is 56.7 Å². The van der Waals surface area contributed by atoms with Gasteiger partial charge in [-0.05, 0) is 92.8 Å². The Bertz CT molecular complexity index is 1130. The highest BCUT2D eigenvalue weighted by Crippen LogP contribution is 2.43. The van der Waals surface area contributed by atoms with Gasteiger partial charge >= 0.3 is 0 Å². The average Bonchev–Trinajstić information content (AvgIpc) is 3.23. The average molecular weight is 473 g/mol. The van der Waals surface area contributed by atoms with Gasteiger partial charge in [0.25, 0.3) is 0 Å². The Labute approximate surface area is 184 Å². The van der Waals surface area contributed by atoms with E-state index in [4.69, 9.17) is 19.9 Å². The lowest BCUT2D eigenvalue weighted by atomic mass is 9.95. The van der Waals surface area contributed by atoms with E-state index in [0.29, 0.717) is 18.0 Å². The molecule has 158 valence electrons. The number of carbonyl (C=O) groups is 1. The normalized spacial score (nSPS) is 16.9. The molecule has 2 N–H and O–H groups in total. The Morgan fingerprint density at radius 2 is 1.70 bits per heavy atom. The Morgan fingerprint density at radius 1 is 1.03 bits per heavy atom. The van der Waals surface area contributed by atoms with Crippen molar-refractivity contribution in [2.75, 3.05) is 27.9 Å². The molecular formula is C23H25BrN2O4. The Kier molecular flexibility index (Phi) is 5.75. The van der Waals surface area contributed by atoms with Crippen molar-refractivity contribution in [3.8, 4) is 17.2 Å². The van der Waals surface area contributed by atoms with Gasteiger partial charge in [0.1, 0.15) is 5.75 Å². The van der Waals surface area contributed by atoms with Crippen LogP contribution in [0.2, 0.25) is 0 Å². The van der Waals surface area contributed by atoms with Crippen molar-refractivity contribution in [3.63, 3.8) is 0 Å². The van der Waals surface area contributed by atoms with E-state index in [1.807, 2.05) is 30.3 Å². The number of likely N-dealkylation sites (tertiary alicyclic amines) is 1. The van der Waals surface area contributed by atoms with Gasteiger partial charge in [-0.15, -0.1) is 0 Å². The summed E-state index contributed by atoms with van der Waals surface area (Å²) < 4.78 is 17.6. The fourth-order valence-corrected chi connectivity index (χ4v) is 5.08. The molecule has 3 aromatic rings. The molecule has 0 spiro atoms. The van der Waals surface area contributed by atoms with Crippen molar-refractivity contribution in [2.24, 2.45) is 5.73 Å². The second-order valence-electron chi connectivity index (χ2n) is 7.49. The summed E-state index contributed by atoms with van der Waals surface area (Å²) in [5, 5.41) is 4.19. The van der Waals surface area contributed by atoms with Crippen LogP contribution in [0.3, 0.4) is 0 Å². The molecule has 0 aliphatic carbocycles. The van der Waals surface area contributed by atoms with Crippen LogP contribution >= 0.6 is 15.9 Å². The van der Waals surface area contributed by atoms with Crippen molar-refractivity contribution in [2.45, 2.75) is 25.4 Å². The first-order chi connectivity index (χ1) is 14.5. The van der Waals surface area contributed by atoms with E-state index in [-0.39, 0.29) is 11.9 Å². The van der Waals surface area contributed by atoms with Gasteiger partial charge in [0.05, 0.1) is 27.4 Å². The van der Waals surface area contributed by atoms with Crippen LogP contribution in [0.25, 0.3) is 21.5 Å². The summed E-state index contributed by atoms with van der Waals surface area (Å²) >= 11 is 3.84. The van der Waals surface area contributed by atoms with Crippen molar-refractivity contribution in [1.82, 2.24) is 4.90 Å². The quantitative estimate of drug-likeness (QED) is 0.543. The monoisotopic (exact) mass is 472 g/mol. The summed E-state index contributed by atoms with van der Waals surface area (Å²) in [6.07, 6.45) is 1.76. The first-order valence-corrected chi connectivity index (χ1v) is 10.6. The number of nitrogens with two attached hydrogens (primary N) is 1. The molecule has 0 saturated carbocycles. The molecule has 1 aliphatic rings. The molecular weight excluding hydrogens is 448 g/mol. The maximum Gasteiger partial charge on any atom is 0.234 e. The number of halogens is 1. The Morgan fingerprint density at radius 3 is 2.33 bits per heavy atom. The number of nitrogens with zero attached hydrogens (tertiary/aromatic N) is 1. The van der Waals surface area contributed by atoms with Gasteiger partial charge in [0.2, 0.25) is 5.91 Å². The minimum absolute atomic E-state index is 0.237. The second kappa shape index (κ2) is 8.32. The van der Waals surface area contributed by atoms with Crippen LogP contribution in [0.1, 0.15) is 18.4 Å². The lowest BCUT2D eigenvalue weighted by Gasteiger charge is -2.25. The molecule has 0 unspecified atom stereocenters. The zero-order chi connectivity index (χ0) is 21.4. The van der Waals surface area contributed by atoms with Crippen LogP contribution in [-0.4, -0.2) is 44.7 Å². The molecule has 1 aliphatic heterocycles. The van der Waals surface area contributed by atoms with Gasteiger partial charge in [0.15, 0.2) is 11.5 Å². The van der Waals surface area contributed by atoms with E-state index < -0.39 is 0 Å². The van der Waals surface area contributed by atoms with Gasteiger partial charge in [-0.2, -0.15) is 0 Å². The predicted molar refractivity (Wildman–Crippen MR) is 121 cm³/mol. The molecule has 4 rings (SSSR count). The van der Waals surface area contributed by atoms with Crippen LogP contribution < -0.4 is 19.9 Å². The number of amides is 1. The number of carbonyl (C=O) groups excluding carboxylic acids is 1. The van der Waals surface area contributed by atoms with Crippen molar-refractivity contribution >= 4 is 43.4 Å². The number of benzene rings is 3. The SMILES string of the molecule is COc1ccc2c(Br)c(CN3CCC[C@H]3C(N)=O)c3cc(OC)c(OC)cc3c2c1. The zero-order valence-electron chi connectivity index (χ0n) is 17.3. The molecule has 30 heavy (non-hydrogen) atoms. The maximum absolute atomic E-state index is 11.9. The van der Waals surface area contributed by atoms with Crippen LogP contribution in [0.4, 0.5) is 0 Å². The van der Waals surface area contributed by atoms with Gasteiger partial charge in [-0.3, -0.25) is 9.69 Å². The maximum atomic E-state index is 11.9. The van der Waals surface area contributed by atoms with Crippen LogP contribution in [-0.2, 0) is 11.3 Å². The smallest absolute Gasteiger partial charge is 0.234 e. The molecule has 6 nitrogen and oxygen atoms in total. The highest BCUT2D eigenvalue weighted by Gasteiger charge is 2.30. The number of methoxy groups -OCH3 is 3. The lowest BCUT2D eigenvalue weighted by Crippen LogP contribution is -2.39. The largest absolute Gasteiger partial charge is 0.497 e. The van der Waals surface area contributed by atoms with E-state index in [9.17, 15) is 4.79 Å². The Balaban J connectivity index is 2.00. The minimum Gasteiger partial charge on any atom is -0.497 e. The minimum atomic E-state index is -0.266. The first kappa shape index (κ1) is 20.8. The number of hydrogen-bond donors (Lipinski definition) is 1. The molecule has 0 radical (unpaired) electrons. The Hall–Kier alpha value is -2.51. The van der Waals surface area contributed by atoms with E-state index in [1.54, 1.807) is 21.3 Å². The summed E-state index contributed by atoms with van der Waals surface area (Å²) in [7, 11) is 4.92. The molecule has 1 amide bonds. The standard InChI is InChI=1S/C23H25BrN2O4/c1-28-13-6-7-14-15(9-13)16-10-20(29-2)21(30-3)11-17(16)18(22(14)24)12-26-8-4-5-19(26)23(25)27/h6-7,9-11,19H,4-5,8,12H2,1-3H3,(H2,25,27)/t19-/m0/s1. The number of fused-ring (bicyclic) bond motifs is 3. The number of primary amides is 1. The van der Waals surface area contributed by atoms with Crippen molar-refractivity contribution in [1.29, 1.82) is 0 Å². The molecule has 1 saturated heterocycles. The summed E-state index contributed by atoms with van der Waals surface area (Å²) in [4.78, 5) is 14.1. The first-order valence-electron chi connectivity index (χ1n) is 9.85. The van der Waals surface area contributed by atoms with E-state index in [1.165, 1.54) is 0 Å². The molecule has 7 heteroatoms. The lowest BCUT2D eigenvalue weighted by molar-refractivity contribution is -0.122. The van der Waals surface area contributed by atoms with Crippen LogP contribution in [0.15, 0.2) is 34.8 Å². The van der Waals surface area contributed by atoms with Gasteiger partial charge in [0, 0.05) is 11.0 Å². The highest BCUT2D eigenvalue weighted by atomic mass is 79.9. The number of ether oxygens (including phenoxy) is 3. The molecule has 3 aromatic carbocycles. The third-order valence-corrected chi connectivity index (χ3v) is 6.83. The third-order valence-electron chi connectivity index (χ3n) is 5.92. The summed E-state index contributed by atoms with van der Waals surface area (Å²) in [5.41, 5.74) is 6.75. The molecule has 1 heterocycles. The predicted octanol–water partition coefficient (Wildman–Crippen LogP) is 4.23. The van der Waals surface area contributed by atoms with Gasteiger partial charge in [-0.1, -0.05) is 0 Å². The van der Waals surface area contributed by atoms with E-state index in [2.05, 4.69) is 20.8 Å². The summed E-state index contributed by atoms with van der Waals surface area (Å²) in [5.74, 6) is 1.84. The van der Waals surface area contributed by atoms with Crippen molar-refractivity contribution in [3.05, 3.63) is 40.4 Å². The molecule has 0 aromatic heterocycles. The number of hydrogen-bond acceptors (Lipinski definition) is 5. The van der Waals surface area contributed by atoms with Crippen LogP contribution in [0, 0.1) is 0 Å². The van der Waals surface area contributed by atoms with Crippen LogP contribution in [0.5, 0.6) is 17.2 Å². The third kappa shape index (κ3) is 3.46.